The Morgan fingerprint density at radius 2 is 1.96 bits per heavy atom. The fourth-order valence-corrected chi connectivity index (χ4v) is 4.02. The van der Waals surface area contributed by atoms with Gasteiger partial charge in [-0.2, -0.15) is 5.10 Å². The number of amides is 1. The fraction of sp³-hybridized carbons (Fsp3) is 0.526. The number of fused-ring (bicyclic) bond motifs is 1. The quantitative estimate of drug-likeness (QED) is 0.778. The topological polar surface area (TPSA) is 110 Å². The first-order valence-electron chi connectivity index (χ1n) is 9.62. The zero-order chi connectivity index (χ0) is 19.8. The molecule has 0 bridgehead atoms. The summed E-state index contributed by atoms with van der Waals surface area (Å²) in [4.78, 5) is 52.6. The smallest absolute Gasteiger partial charge is 0.328 e. The summed E-state index contributed by atoms with van der Waals surface area (Å²) in [6, 6.07) is 1.71. The van der Waals surface area contributed by atoms with E-state index in [1.54, 1.807) is 15.6 Å². The zero-order valence-electron chi connectivity index (χ0n) is 15.8. The molecule has 2 aromatic heterocycles. The number of carbonyl (C=O) groups excluding carboxylic acids is 1. The van der Waals surface area contributed by atoms with Crippen molar-refractivity contribution in [1.82, 2.24) is 24.2 Å². The van der Waals surface area contributed by atoms with Crippen LogP contribution in [-0.4, -0.2) is 43.2 Å². The normalized spacial score (nSPS) is 17.0. The SMILES string of the molecule is Cn1c(=O)[nH]cc(C(=O)N2CCC(Cn3nc4c(cc3=O)CCC4)CC2)c1=O. The Kier molecular flexibility index (Phi) is 4.74. The van der Waals surface area contributed by atoms with Crippen LogP contribution in [0.2, 0.25) is 0 Å². The third-order valence-electron chi connectivity index (χ3n) is 5.77. The maximum atomic E-state index is 12.7. The third kappa shape index (κ3) is 3.32. The molecule has 0 radical (unpaired) electrons. The summed E-state index contributed by atoms with van der Waals surface area (Å²) in [5, 5.41) is 4.52. The molecule has 148 valence electrons. The van der Waals surface area contributed by atoms with Crippen molar-refractivity contribution in [3.63, 3.8) is 0 Å². The van der Waals surface area contributed by atoms with E-state index >= 15 is 0 Å². The Morgan fingerprint density at radius 3 is 2.71 bits per heavy atom. The molecule has 0 atom stereocenters. The molecule has 28 heavy (non-hydrogen) atoms. The lowest BCUT2D eigenvalue weighted by Gasteiger charge is -2.32. The summed E-state index contributed by atoms with van der Waals surface area (Å²) in [6.07, 6.45) is 5.57. The maximum absolute atomic E-state index is 12.7. The highest BCUT2D eigenvalue weighted by molar-refractivity contribution is 5.93. The number of aromatic nitrogens is 4. The fourth-order valence-electron chi connectivity index (χ4n) is 4.02. The predicted molar refractivity (Wildman–Crippen MR) is 101 cm³/mol. The number of aryl methyl sites for hydroxylation is 2. The monoisotopic (exact) mass is 385 g/mol. The molecular formula is C19H23N5O4. The molecular weight excluding hydrogens is 362 g/mol. The number of H-pyrrole nitrogens is 1. The number of hydrogen-bond acceptors (Lipinski definition) is 5. The lowest BCUT2D eigenvalue weighted by Crippen LogP contribution is -2.44. The lowest BCUT2D eigenvalue weighted by atomic mass is 9.96. The molecule has 0 unspecified atom stereocenters. The average molecular weight is 385 g/mol. The minimum atomic E-state index is -0.593. The van der Waals surface area contributed by atoms with Gasteiger partial charge in [-0.05, 0) is 43.6 Å². The Bertz CT molecular complexity index is 1090. The van der Waals surface area contributed by atoms with E-state index in [4.69, 9.17) is 0 Å². The van der Waals surface area contributed by atoms with Crippen LogP contribution in [0.15, 0.2) is 26.6 Å². The summed E-state index contributed by atoms with van der Waals surface area (Å²) in [5.74, 6) is -0.116. The van der Waals surface area contributed by atoms with Gasteiger partial charge < -0.3 is 9.88 Å². The van der Waals surface area contributed by atoms with E-state index in [0.29, 0.717) is 19.6 Å². The first-order valence-corrected chi connectivity index (χ1v) is 9.62. The van der Waals surface area contributed by atoms with Gasteiger partial charge in [0.05, 0.1) is 5.69 Å². The lowest BCUT2D eigenvalue weighted by molar-refractivity contribution is 0.0677. The Labute approximate surface area is 160 Å². The average Bonchev–Trinajstić information content (AvgIpc) is 3.14. The van der Waals surface area contributed by atoms with Crippen LogP contribution in [0.3, 0.4) is 0 Å². The van der Waals surface area contributed by atoms with Crippen LogP contribution >= 0.6 is 0 Å². The van der Waals surface area contributed by atoms with E-state index in [0.717, 1.165) is 47.9 Å². The molecule has 2 aliphatic rings. The Balaban J connectivity index is 1.42. The van der Waals surface area contributed by atoms with Crippen LogP contribution in [0.5, 0.6) is 0 Å². The minimum absolute atomic E-state index is 0.0305. The molecule has 1 N–H and O–H groups in total. The second-order valence-electron chi connectivity index (χ2n) is 7.60. The van der Waals surface area contributed by atoms with Crippen LogP contribution in [0.1, 0.15) is 40.9 Å². The van der Waals surface area contributed by atoms with Crippen LogP contribution in [-0.2, 0) is 26.4 Å². The number of likely N-dealkylation sites (tertiary alicyclic amines) is 1. The third-order valence-corrected chi connectivity index (χ3v) is 5.77. The van der Waals surface area contributed by atoms with Gasteiger partial charge in [0.1, 0.15) is 5.56 Å². The predicted octanol–water partition coefficient (Wildman–Crippen LogP) is -0.329. The van der Waals surface area contributed by atoms with Crippen LogP contribution in [0.25, 0.3) is 0 Å². The second kappa shape index (κ2) is 7.21. The molecule has 2 aromatic rings. The zero-order valence-corrected chi connectivity index (χ0v) is 15.8. The molecule has 9 nitrogen and oxygen atoms in total. The number of aromatic amines is 1. The van der Waals surface area contributed by atoms with Gasteiger partial charge in [0, 0.05) is 38.9 Å². The molecule has 1 aliphatic carbocycles. The number of hydrogen-bond donors (Lipinski definition) is 1. The summed E-state index contributed by atoms with van der Waals surface area (Å²) in [6.45, 7) is 1.56. The van der Waals surface area contributed by atoms with E-state index in [2.05, 4.69) is 10.1 Å². The van der Waals surface area contributed by atoms with Gasteiger partial charge in [0.2, 0.25) is 0 Å². The summed E-state index contributed by atoms with van der Waals surface area (Å²) >= 11 is 0. The Morgan fingerprint density at radius 1 is 1.21 bits per heavy atom. The van der Waals surface area contributed by atoms with E-state index in [9.17, 15) is 19.2 Å². The molecule has 1 amide bonds. The van der Waals surface area contributed by atoms with Crippen LogP contribution in [0, 0.1) is 5.92 Å². The summed E-state index contributed by atoms with van der Waals surface area (Å²) < 4.78 is 2.45. The Hall–Kier alpha value is -2.97. The molecule has 0 spiro atoms. The van der Waals surface area contributed by atoms with Crippen molar-refractivity contribution in [2.24, 2.45) is 13.0 Å². The standard InChI is InChI=1S/C19H23N5O4/c1-22-17(26)14(10-20-19(22)28)18(27)23-7-5-12(6-8-23)11-24-16(25)9-13-3-2-4-15(13)21-24/h9-10,12H,2-8,11H2,1H3,(H,20,28). The van der Waals surface area contributed by atoms with Gasteiger partial charge in [0.15, 0.2) is 0 Å². The molecule has 1 aliphatic heterocycles. The summed E-state index contributed by atoms with van der Waals surface area (Å²) in [7, 11) is 1.34. The molecule has 4 rings (SSSR count). The molecule has 0 aromatic carbocycles. The number of piperidine rings is 1. The van der Waals surface area contributed by atoms with E-state index < -0.39 is 11.2 Å². The highest BCUT2D eigenvalue weighted by Crippen LogP contribution is 2.21. The van der Waals surface area contributed by atoms with Crippen molar-refractivity contribution in [3.8, 4) is 0 Å². The number of carbonyl (C=O) groups is 1. The first kappa shape index (κ1) is 18.4. The first-order chi connectivity index (χ1) is 13.4. The molecule has 1 saturated heterocycles. The van der Waals surface area contributed by atoms with Gasteiger partial charge in [-0.1, -0.05) is 0 Å². The van der Waals surface area contributed by atoms with E-state index in [1.165, 1.54) is 13.2 Å². The second-order valence-corrected chi connectivity index (χ2v) is 7.60. The van der Waals surface area contributed by atoms with Crippen molar-refractivity contribution in [2.45, 2.75) is 38.6 Å². The van der Waals surface area contributed by atoms with Gasteiger partial charge in [0.25, 0.3) is 17.0 Å². The van der Waals surface area contributed by atoms with Crippen LogP contribution < -0.4 is 16.8 Å². The maximum Gasteiger partial charge on any atom is 0.328 e. The number of nitrogens with one attached hydrogen (secondary N) is 1. The van der Waals surface area contributed by atoms with Gasteiger partial charge >= 0.3 is 5.69 Å². The molecule has 9 heteroatoms. The van der Waals surface area contributed by atoms with Crippen LogP contribution in [0.4, 0.5) is 0 Å². The number of rotatable bonds is 3. The van der Waals surface area contributed by atoms with Crippen molar-refractivity contribution >= 4 is 5.91 Å². The molecule has 3 heterocycles. The molecule has 1 fully saturated rings. The molecule has 0 saturated carbocycles. The van der Waals surface area contributed by atoms with Crippen molar-refractivity contribution < 1.29 is 4.79 Å². The number of nitrogens with zero attached hydrogens (tertiary/aromatic N) is 4. The van der Waals surface area contributed by atoms with Crippen molar-refractivity contribution in [2.75, 3.05) is 13.1 Å². The van der Waals surface area contributed by atoms with Gasteiger partial charge in [-0.3, -0.25) is 19.0 Å². The van der Waals surface area contributed by atoms with Gasteiger partial charge in [-0.15, -0.1) is 0 Å². The van der Waals surface area contributed by atoms with E-state index in [1.807, 2.05) is 0 Å². The van der Waals surface area contributed by atoms with Crippen molar-refractivity contribution in [3.05, 3.63) is 60.3 Å². The van der Waals surface area contributed by atoms with Gasteiger partial charge in [-0.25, -0.2) is 9.48 Å². The highest BCUT2D eigenvalue weighted by atomic mass is 16.2. The largest absolute Gasteiger partial charge is 0.338 e. The minimum Gasteiger partial charge on any atom is -0.338 e. The summed E-state index contributed by atoms with van der Waals surface area (Å²) in [5.41, 5.74) is 0.871. The highest BCUT2D eigenvalue weighted by Gasteiger charge is 2.26. The van der Waals surface area contributed by atoms with Crippen molar-refractivity contribution in [1.29, 1.82) is 0 Å². The van der Waals surface area contributed by atoms with E-state index in [-0.39, 0.29) is 22.9 Å².